The smallest absolute Gasteiger partial charge is 0.149 e. The highest BCUT2D eigenvalue weighted by molar-refractivity contribution is 6.10. The van der Waals surface area contributed by atoms with E-state index < -0.39 is 0 Å². The van der Waals surface area contributed by atoms with E-state index in [2.05, 4.69) is 51.6 Å². The lowest BCUT2D eigenvalue weighted by Crippen LogP contribution is -1.94. The quantitative estimate of drug-likeness (QED) is 0.405. The molecule has 1 aromatic carbocycles. The number of benzene rings is 1. The highest BCUT2D eigenvalue weighted by Gasteiger charge is 2.14. The van der Waals surface area contributed by atoms with Crippen molar-refractivity contribution in [3.05, 3.63) is 60.4 Å². The van der Waals surface area contributed by atoms with Gasteiger partial charge < -0.3 is 0 Å². The molecule has 0 saturated heterocycles. The van der Waals surface area contributed by atoms with Crippen LogP contribution in [0, 0.1) is 6.92 Å². The molecule has 0 unspecified atom stereocenters. The van der Waals surface area contributed by atoms with Crippen LogP contribution >= 0.6 is 0 Å². The van der Waals surface area contributed by atoms with Crippen molar-refractivity contribution in [3.63, 3.8) is 0 Å². The van der Waals surface area contributed by atoms with Gasteiger partial charge in [-0.1, -0.05) is 6.07 Å². The highest BCUT2D eigenvalue weighted by atomic mass is 15.1. The van der Waals surface area contributed by atoms with Crippen molar-refractivity contribution in [2.24, 2.45) is 0 Å². The maximum atomic E-state index is 4.84. The van der Waals surface area contributed by atoms with E-state index in [9.17, 15) is 0 Å². The molecule has 0 aliphatic rings. The van der Waals surface area contributed by atoms with Crippen molar-refractivity contribution in [2.75, 3.05) is 0 Å². The molecule has 0 aliphatic carbocycles. The third kappa shape index (κ3) is 1.39. The number of aromatic nitrogens is 4. The van der Waals surface area contributed by atoms with Gasteiger partial charge in [0, 0.05) is 23.2 Å². The third-order valence-corrected chi connectivity index (χ3v) is 4.11. The first kappa shape index (κ1) is 11.6. The summed E-state index contributed by atoms with van der Waals surface area (Å²) in [5.41, 5.74) is 6.03. The van der Waals surface area contributed by atoms with Crippen molar-refractivity contribution in [3.8, 4) is 0 Å². The number of rotatable bonds is 0. The summed E-state index contributed by atoms with van der Waals surface area (Å²) in [4.78, 5) is 14.0. The van der Waals surface area contributed by atoms with Crippen LogP contribution in [0.15, 0.2) is 54.9 Å². The minimum atomic E-state index is 0.898. The molecule has 5 aromatic rings. The van der Waals surface area contributed by atoms with Gasteiger partial charge in [0.05, 0.1) is 16.6 Å². The van der Waals surface area contributed by atoms with E-state index in [1.54, 1.807) is 0 Å². The van der Waals surface area contributed by atoms with Crippen LogP contribution in [0.5, 0.6) is 0 Å². The second-order valence-corrected chi connectivity index (χ2v) is 5.54. The summed E-state index contributed by atoms with van der Waals surface area (Å²) in [6, 6.07) is 14.4. The molecule has 0 aliphatic heterocycles. The average molecular weight is 284 g/mol. The van der Waals surface area contributed by atoms with Gasteiger partial charge >= 0.3 is 0 Å². The Morgan fingerprint density at radius 2 is 1.64 bits per heavy atom. The van der Waals surface area contributed by atoms with E-state index in [0.29, 0.717) is 0 Å². The molecule has 5 rings (SSSR count). The van der Waals surface area contributed by atoms with Crippen molar-refractivity contribution < 1.29 is 0 Å². The van der Waals surface area contributed by atoms with Crippen molar-refractivity contribution in [2.45, 2.75) is 6.92 Å². The van der Waals surface area contributed by atoms with Crippen LogP contribution in [-0.4, -0.2) is 19.4 Å². The van der Waals surface area contributed by atoms with Gasteiger partial charge in [-0.25, -0.2) is 9.97 Å². The molecule has 0 spiro atoms. The topological polar surface area (TPSA) is 43.1 Å². The number of fused-ring (bicyclic) bond motifs is 8. The lowest BCUT2D eigenvalue weighted by atomic mass is 10.2. The molecule has 4 aromatic heterocycles. The van der Waals surface area contributed by atoms with Crippen LogP contribution in [0.1, 0.15) is 5.56 Å². The lowest BCUT2D eigenvalue weighted by molar-refractivity contribution is 1.23. The van der Waals surface area contributed by atoms with Crippen LogP contribution in [-0.2, 0) is 0 Å². The van der Waals surface area contributed by atoms with Gasteiger partial charge in [0.1, 0.15) is 11.3 Å². The summed E-state index contributed by atoms with van der Waals surface area (Å²) in [5, 5.41) is 2.10. The van der Waals surface area contributed by atoms with E-state index >= 15 is 0 Å². The molecule has 0 radical (unpaired) electrons. The number of pyridine rings is 3. The monoisotopic (exact) mass is 284 g/mol. The summed E-state index contributed by atoms with van der Waals surface area (Å²) in [6.07, 6.45) is 3.63. The number of imidazole rings is 1. The molecule has 0 saturated carbocycles. The van der Waals surface area contributed by atoms with E-state index in [0.717, 1.165) is 38.6 Å². The fraction of sp³-hybridized carbons (Fsp3) is 0.0556. The Kier molecular flexibility index (Phi) is 2.12. The molecular weight excluding hydrogens is 272 g/mol. The zero-order valence-corrected chi connectivity index (χ0v) is 12.0. The fourth-order valence-corrected chi connectivity index (χ4v) is 3.15. The molecule has 0 atom stereocenters. The van der Waals surface area contributed by atoms with Crippen LogP contribution in [0.3, 0.4) is 0 Å². The van der Waals surface area contributed by atoms with Gasteiger partial charge in [0.25, 0.3) is 0 Å². The van der Waals surface area contributed by atoms with E-state index in [1.807, 2.05) is 24.5 Å². The van der Waals surface area contributed by atoms with Gasteiger partial charge in [-0.05, 0) is 48.9 Å². The first-order valence-corrected chi connectivity index (χ1v) is 7.23. The number of hydrogen-bond acceptors (Lipinski definition) is 3. The Labute approximate surface area is 126 Å². The van der Waals surface area contributed by atoms with E-state index in [1.165, 1.54) is 5.56 Å². The van der Waals surface area contributed by atoms with Gasteiger partial charge in [0.2, 0.25) is 0 Å². The number of hydrogen-bond donors (Lipinski definition) is 0. The zero-order chi connectivity index (χ0) is 14.7. The third-order valence-electron chi connectivity index (χ3n) is 4.11. The van der Waals surface area contributed by atoms with Crippen molar-refractivity contribution in [1.82, 2.24) is 19.4 Å². The first-order chi connectivity index (χ1) is 10.8. The standard InChI is InChI=1S/C18H12N4/c1-11-6-7-15-14(10-11)21-18-13-5-2-8-19-16(13)12-4-3-9-20-17(12)22(15)18/h2-10H,1H3. The summed E-state index contributed by atoms with van der Waals surface area (Å²) >= 11 is 0. The number of aryl methyl sites for hydroxylation is 1. The fourth-order valence-electron chi connectivity index (χ4n) is 3.15. The Morgan fingerprint density at radius 1 is 0.864 bits per heavy atom. The second kappa shape index (κ2) is 4.01. The molecule has 4 nitrogen and oxygen atoms in total. The Balaban J connectivity index is 2.21. The first-order valence-electron chi connectivity index (χ1n) is 7.23. The predicted molar refractivity (Wildman–Crippen MR) is 88.0 cm³/mol. The zero-order valence-electron chi connectivity index (χ0n) is 12.0. The largest absolute Gasteiger partial charge is 0.276 e. The van der Waals surface area contributed by atoms with Gasteiger partial charge in [0.15, 0.2) is 0 Å². The Bertz CT molecular complexity index is 1190. The summed E-state index contributed by atoms with van der Waals surface area (Å²) < 4.78 is 2.13. The predicted octanol–water partition coefficient (Wildman–Crippen LogP) is 3.89. The summed E-state index contributed by atoms with van der Waals surface area (Å²) in [7, 11) is 0. The maximum Gasteiger partial charge on any atom is 0.149 e. The maximum absolute atomic E-state index is 4.84. The van der Waals surface area contributed by atoms with Gasteiger partial charge in [-0.3, -0.25) is 9.38 Å². The lowest BCUT2D eigenvalue weighted by Gasteiger charge is -2.06. The minimum Gasteiger partial charge on any atom is -0.276 e. The van der Waals surface area contributed by atoms with Crippen LogP contribution < -0.4 is 0 Å². The molecule has 0 amide bonds. The van der Waals surface area contributed by atoms with Crippen LogP contribution in [0.2, 0.25) is 0 Å². The van der Waals surface area contributed by atoms with Gasteiger partial charge in [-0.2, -0.15) is 0 Å². The Hall–Kier alpha value is -3.01. The summed E-state index contributed by atoms with van der Waals surface area (Å²) in [6.45, 7) is 2.08. The van der Waals surface area contributed by atoms with Gasteiger partial charge in [-0.15, -0.1) is 0 Å². The molecule has 4 heterocycles. The normalized spacial score (nSPS) is 11.9. The highest BCUT2D eigenvalue weighted by Crippen LogP contribution is 2.29. The Morgan fingerprint density at radius 3 is 2.50 bits per heavy atom. The molecule has 4 heteroatoms. The van der Waals surface area contributed by atoms with Crippen molar-refractivity contribution in [1.29, 1.82) is 0 Å². The summed E-state index contributed by atoms with van der Waals surface area (Å²) in [5.74, 6) is 0. The molecule has 0 N–H and O–H groups in total. The average Bonchev–Trinajstić information content (AvgIpc) is 2.94. The second-order valence-electron chi connectivity index (χ2n) is 5.54. The molecule has 104 valence electrons. The number of nitrogens with zero attached hydrogens (tertiary/aromatic N) is 4. The van der Waals surface area contributed by atoms with Crippen molar-refractivity contribution >= 4 is 38.6 Å². The van der Waals surface area contributed by atoms with E-state index in [-0.39, 0.29) is 0 Å². The van der Waals surface area contributed by atoms with Crippen LogP contribution in [0.25, 0.3) is 38.6 Å². The molecule has 22 heavy (non-hydrogen) atoms. The van der Waals surface area contributed by atoms with Crippen LogP contribution in [0.4, 0.5) is 0 Å². The minimum absolute atomic E-state index is 0.898. The molecular formula is C18H12N4. The van der Waals surface area contributed by atoms with E-state index in [4.69, 9.17) is 4.98 Å². The SMILES string of the molecule is Cc1ccc2c(c1)nc1c3cccnc3c3cccnc3n21. The molecule has 0 fully saturated rings. The molecule has 0 bridgehead atoms.